The number of nitrogens with two attached hydrogens (primary N) is 1. The smallest absolute Gasteiger partial charge is 0.269 e. The van der Waals surface area contributed by atoms with Gasteiger partial charge in [-0.25, -0.2) is 9.97 Å². The number of nitrogens with zero attached hydrogens (tertiary/aromatic N) is 2. The van der Waals surface area contributed by atoms with Gasteiger partial charge in [0.1, 0.15) is 12.0 Å². The van der Waals surface area contributed by atoms with Crippen LogP contribution in [-0.2, 0) is 0 Å². The van der Waals surface area contributed by atoms with Crippen LogP contribution in [0.5, 0.6) is 0 Å². The van der Waals surface area contributed by atoms with E-state index >= 15 is 0 Å². The second-order valence-corrected chi connectivity index (χ2v) is 6.26. The molecule has 132 valence electrons. The van der Waals surface area contributed by atoms with Crippen molar-refractivity contribution in [3.05, 3.63) is 42.2 Å². The zero-order chi connectivity index (χ0) is 17.5. The van der Waals surface area contributed by atoms with E-state index in [9.17, 15) is 4.79 Å². The molecule has 25 heavy (non-hydrogen) atoms. The first-order valence-corrected chi connectivity index (χ1v) is 8.72. The van der Waals surface area contributed by atoms with Gasteiger partial charge in [0.05, 0.1) is 0 Å². The van der Waals surface area contributed by atoms with E-state index in [1.165, 1.54) is 32.0 Å². The summed E-state index contributed by atoms with van der Waals surface area (Å²) < 4.78 is 0. The predicted molar refractivity (Wildman–Crippen MR) is 99.1 cm³/mol. The molecule has 0 bridgehead atoms. The molecule has 0 spiro atoms. The van der Waals surface area contributed by atoms with Crippen molar-refractivity contribution in [2.45, 2.75) is 44.6 Å². The first-order valence-electron chi connectivity index (χ1n) is 8.72. The standard InChI is InChI=1S/C18H24N6O/c19-15-16(22-14-10-6-1-2-7-11-14)20-12-21-17(15)23-24-18(25)13-8-4-3-5-9-13/h3-5,8-9,12,14H,1-2,6-7,10-11,19H2,(H,24,25)(H2,20,21,22,23). The zero-order valence-electron chi connectivity index (χ0n) is 14.2. The van der Waals surface area contributed by atoms with Gasteiger partial charge in [-0.1, -0.05) is 43.9 Å². The highest BCUT2D eigenvalue weighted by atomic mass is 16.2. The summed E-state index contributed by atoms with van der Waals surface area (Å²) in [6.07, 6.45) is 8.70. The number of benzene rings is 1. The number of amides is 1. The van der Waals surface area contributed by atoms with Crippen LogP contribution >= 0.6 is 0 Å². The fourth-order valence-electron chi connectivity index (χ4n) is 3.00. The van der Waals surface area contributed by atoms with Crippen LogP contribution in [0.1, 0.15) is 48.9 Å². The molecule has 0 atom stereocenters. The second kappa shape index (κ2) is 8.32. The minimum absolute atomic E-state index is 0.253. The van der Waals surface area contributed by atoms with E-state index in [4.69, 9.17) is 5.73 Å². The molecule has 0 saturated heterocycles. The highest BCUT2D eigenvalue weighted by Gasteiger charge is 2.16. The van der Waals surface area contributed by atoms with Crippen LogP contribution in [0, 0.1) is 0 Å². The summed E-state index contributed by atoms with van der Waals surface area (Å²) in [6.45, 7) is 0. The van der Waals surface area contributed by atoms with Crippen molar-refractivity contribution >= 4 is 23.2 Å². The molecule has 1 aromatic carbocycles. The zero-order valence-corrected chi connectivity index (χ0v) is 14.2. The maximum atomic E-state index is 12.1. The van der Waals surface area contributed by atoms with Crippen molar-refractivity contribution in [3.8, 4) is 0 Å². The van der Waals surface area contributed by atoms with E-state index in [1.807, 2.05) is 18.2 Å². The lowest BCUT2D eigenvalue weighted by Gasteiger charge is -2.19. The summed E-state index contributed by atoms with van der Waals surface area (Å²) in [7, 11) is 0. The number of hydrazine groups is 1. The molecule has 1 saturated carbocycles. The molecule has 0 radical (unpaired) electrons. The third kappa shape index (κ3) is 4.59. The highest BCUT2D eigenvalue weighted by molar-refractivity contribution is 5.95. The minimum Gasteiger partial charge on any atom is -0.393 e. The molecule has 1 aliphatic rings. The number of nitrogens with one attached hydrogen (secondary N) is 3. The minimum atomic E-state index is -0.253. The van der Waals surface area contributed by atoms with E-state index in [-0.39, 0.29) is 5.91 Å². The maximum Gasteiger partial charge on any atom is 0.269 e. The monoisotopic (exact) mass is 340 g/mol. The van der Waals surface area contributed by atoms with E-state index in [0.717, 1.165) is 12.8 Å². The van der Waals surface area contributed by atoms with Crippen molar-refractivity contribution in [1.29, 1.82) is 0 Å². The topological polar surface area (TPSA) is 105 Å². The summed E-state index contributed by atoms with van der Waals surface area (Å²) in [6, 6.07) is 9.33. The average molecular weight is 340 g/mol. The maximum absolute atomic E-state index is 12.1. The van der Waals surface area contributed by atoms with Crippen LogP contribution in [0.25, 0.3) is 0 Å². The molecule has 1 aromatic heterocycles. The molecule has 7 nitrogen and oxygen atoms in total. The Hall–Kier alpha value is -2.83. The SMILES string of the molecule is Nc1c(NNC(=O)c2ccccc2)ncnc1NC1CCCCCC1. The van der Waals surface area contributed by atoms with E-state index in [1.54, 1.807) is 12.1 Å². The van der Waals surface area contributed by atoms with Gasteiger partial charge in [-0.05, 0) is 25.0 Å². The number of aromatic nitrogens is 2. The average Bonchev–Trinajstić information content (AvgIpc) is 2.91. The molecular formula is C18H24N6O. The fourth-order valence-corrected chi connectivity index (χ4v) is 3.00. The molecular weight excluding hydrogens is 316 g/mol. The van der Waals surface area contributed by atoms with Gasteiger partial charge in [0.25, 0.3) is 5.91 Å². The Labute approximate surface area is 147 Å². The molecule has 1 fully saturated rings. The summed E-state index contributed by atoms with van der Waals surface area (Å²) in [5.74, 6) is 0.741. The lowest BCUT2D eigenvalue weighted by molar-refractivity contribution is 0.0962. The first-order chi connectivity index (χ1) is 12.2. The predicted octanol–water partition coefficient (Wildman–Crippen LogP) is 2.95. The first kappa shape index (κ1) is 17.0. The third-order valence-corrected chi connectivity index (χ3v) is 4.41. The highest BCUT2D eigenvalue weighted by Crippen LogP contribution is 2.26. The number of hydrogen-bond donors (Lipinski definition) is 4. The lowest BCUT2D eigenvalue weighted by atomic mass is 10.1. The number of carbonyl (C=O) groups is 1. The number of carbonyl (C=O) groups excluding carboxylic acids is 1. The van der Waals surface area contributed by atoms with Gasteiger partial charge < -0.3 is 11.1 Å². The number of nitrogen functional groups attached to an aromatic ring is 1. The molecule has 5 N–H and O–H groups in total. The van der Waals surface area contributed by atoms with Crippen molar-refractivity contribution in [1.82, 2.24) is 15.4 Å². The second-order valence-electron chi connectivity index (χ2n) is 6.26. The van der Waals surface area contributed by atoms with Crippen molar-refractivity contribution in [2.24, 2.45) is 0 Å². The lowest BCUT2D eigenvalue weighted by Crippen LogP contribution is -2.30. The van der Waals surface area contributed by atoms with E-state index in [2.05, 4.69) is 26.1 Å². The van der Waals surface area contributed by atoms with Crippen molar-refractivity contribution in [3.63, 3.8) is 0 Å². The van der Waals surface area contributed by atoms with Crippen LogP contribution in [0.3, 0.4) is 0 Å². The molecule has 1 aliphatic carbocycles. The Morgan fingerprint density at radius 3 is 2.40 bits per heavy atom. The molecule has 2 aromatic rings. The van der Waals surface area contributed by atoms with Crippen LogP contribution in [-0.4, -0.2) is 21.9 Å². The largest absolute Gasteiger partial charge is 0.393 e. The Morgan fingerprint density at radius 1 is 1.00 bits per heavy atom. The summed E-state index contributed by atoms with van der Waals surface area (Å²) in [4.78, 5) is 20.5. The number of rotatable bonds is 5. The van der Waals surface area contributed by atoms with E-state index in [0.29, 0.717) is 28.9 Å². The van der Waals surface area contributed by atoms with Gasteiger partial charge in [0.15, 0.2) is 11.6 Å². The number of anilines is 3. The van der Waals surface area contributed by atoms with Gasteiger partial charge >= 0.3 is 0 Å². The molecule has 0 unspecified atom stereocenters. The van der Waals surface area contributed by atoms with Crippen LogP contribution in [0.2, 0.25) is 0 Å². The van der Waals surface area contributed by atoms with Crippen molar-refractivity contribution < 1.29 is 4.79 Å². The van der Waals surface area contributed by atoms with Gasteiger partial charge in [0, 0.05) is 11.6 Å². The molecule has 7 heteroatoms. The molecule has 1 amide bonds. The van der Waals surface area contributed by atoms with Crippen LogP contribution < -0.4 is 21.9 Å². The summed E-state index contributed by atoms with van der Waals surface area (Å²) >= 11 is 0. The normalized spacial score (nSPS) is 15.2. The molecule has 0 aliphatic heterocycles. The molecule has 3 rings (SSSR count). The van der Waals surface area contributed by atoms with Crippen LogP contribution in [0.15, 0.2) is 36.7 Å². The fraction of sp³-hybridized carbons (Fsp3) is 0.389. The van der Waals surface area contributed by atoms with E-state index < -0.39 is 0 Å². The van der Waals surface area contributed by atoms with Crippen molar-refractivity contribution in [2.75, 3.05) is 16.5 Å². The Balaban J connectivity index is 1.63. The number of hydrogen-bond acceptors (Lipinski definition) is 6. The van der Waals surface area contributed by atoms with Gasteiger partial charge in [-0.2, -0.15) is 0 Å². The summed E-state index contributed by atoms with van der Waals surface area (Å²) in [5.41, 5.74) is 12.5. The Bertz CT molecular complexity index is 698. The Morgan fingerprint density at radius 2 is 1.68 bits per heavy atom. The quantitative estimate of drug-likeness (QED) is 0.493. The van der Waals surface area contributed by atoms with Gasteiger partial charge in [0.2, 0.25) is 0 Å². The molecule has 1 heterocycles. The third-order valence-electron chi connectivity index (χ3n) is 4.41. The Kier molecular flexibility index (Phi) is 5.66. The van der Waals surface area contributed by atoms with Gasteiger partial charge in [-0.3, -0.25) is 15.6 Å². The van der Waals surface area contributed by atoms with Gasteiger partial charge in [-0.15, -0.1) is 0 Å². The van der Waals surface area contributed by atoms with Crippen LogP contribution in [0.4, 0.5) is 17.3 Å². The summed E-state index contributed by atoms with van der Waals surface area (Å²) in [5, 5.41) is 3.42.